The zero-order chi connectivity index (χ0) is 10.6. The number of hydrogen-bond donors (Lipinski definition) is 1. The van der Waals surface area contributed by atoms with Crippen LogP contribution in [0.1, 0.15) is 32.6 Å². The van der Waals surface area contributed by atoms with Gasteiger partial charge >= 0.3 is 0 Å². The molecule has 0 saturated heterocycles. The third-order valence-electron chi connectivity index (χ3n) is 1.81. The Morgan fingerprint density at radius 1 is 1.36 bits per heavy atom. The highest BCUT2D eigenvalue weighted by Gasteiger charge is 1.99. The van der Waals surface area contributed by atoms with Crippen LogP contribution in [0.4, 0.5) is 4.39 Å². The van der Waals surface area contributed by atoms with E-state index in [1.165, 1.54) is 12.8 Å². The van der Waals surface area contributed by atoms with Crippen LogP contribution in [0, 0.1) is 0 Å². The second kappa shape index (κ2) is 10.4. The van der Waals surface area contributed by atoms with E-state index in [1.807, 2.05) is 0 Å². The second-order valence-corrected chi connectivity index (χ2v) is 3.15. The summed E-state index contributed by atoms with van der Waals surface area (Å²) >= 11 is 0. The largest absolute Gasteiger partial charge is 0.369 e. The lowest BCUT2D eigenvalue weighted by Gasteiger charge is -2.04. The Bertz CT molecular complexity index is 142. The molecular weight excluding hydrogens is 185 g/mol. The molecule has 0 fully saturated rings. The predicted molar refractivity (Wildman–Crippen MR) is 53.9 cm³/mol. The zero-order valence-electron chi connectivity index (χ0n) is 8.85. The van der Waals surface area contributed by atoms with E-state index in [0.29, 0.717) is 6.54 Å². The maximum absolute atomic E-state index is 11.6. The van der Waals surface area contributed by atoms with Crippen LogP contribution >= 0.6 is 0 Å². The van der Waals surface area contributed by atoms with Crippen LogP contribution in [0.5, 0.6) is 0 Å². The summed E-state index contributed by atoms with van der Waals surface area (Å²) in [6.45, 7) is 2.27. The first-order valence-corrected chi connectivity index (χ1v) is 5.21. The average Bonchev–Trinajstić information content (AvgIpc) is 2.18. The van der Waals surface area contributed by atoms with Gasteiger partial charge in [-0.15, -0.1) is 0 Å². The zero-order valence-corrected chi connectivity index (χ0v) is 8.85. The quantitative estimate of drug-likeness (QED) is 0.581. The Balaban J connectivity index is 3.10. The Morgan fingerprint density at radius 2 is 2.14 bits per heavy atom. The molecule has 0 aromatic heterocycles. The van der Waals surface area contributed by atoms with Gasteiger partial charge in [-0.3, -0.25) is 4.79 Å². The van der Waals surface area contributed by atoms with Gasteiger partial charge in [0.1, 0.15) is 13.3 Å². The van der Waals surface area contributed by atoms with Gasteiger partial charge in [0.15, 0.2) is 0 Å². The molecule has 0 aromatic carbocycles. The molecule has 1 amide bonds. The fourth-order valence-corrected chi connectivity index (χ4v) is 1.05. The molecular formula is C10H20FNO2. The van der Waals surface area contributed by atoms with Gasteiger partial charge in [-0.1, -0.05) is 26.2 Å². The Labute approximate surface area is 85.0 Å². The van der Waals surface area contributed by atoms with Gasteiger partial charge in [-0.2, -0.15) is 0 Å². The maximum atomic E-state index is 11.6. The normalized spacial score (nSPS) is 10.1. The van der Waals surface area contributed by atoms with E-state index in [2.05, 4.69) is 12.2 Å². The number of unbranched alkanes of at least 4 members (excludes halogenated alkanes) is 3. The Hall–Kier alpha value is -0.640. The van der Waals surface area contributed by atoms with Gasteiger partial charge in [-0.05, 0) is 6.42 Å². The highest BCUT2D eigenvalue weighted by atomic mass is 19.1. The Morgan fingerprint density at radius 3 is 2.79 bits per heavy atom. The standard InChI is InChI=1S/C10H20FNO2/c1-2-3-4-5-7-12-10(13)9-14-8-6-11/h2-9H2,1H3,(H,12,13). The van der Waals surface area contributed by atoms with Crippen LogP contribution in [0.3, 0.4) is 0 Å². The minimum absolute atomic E-state index is 0.00323. The molecule has 0 spiro atoms. The molecule has 0 unspecified atom stereocenters. The van der Waals surface area contributed by atoms with E-state index in [-0.39, 0.29) is 19.1 Å². The molecule has 0 aliphatic rings. The van der Waals surface area contributed by atoms with Crippen molar-refractivity contribution in [3.8, 4) is 0 Å². The number of hydrogen-bond acceptors (Lipinski definition) is 2. The van der Waals surface area contributed by atoms with E-state index in [0.717, 1.165) is 12.8 Å². The van der Waals surface area contributed by atoms with Gasteiger partial charge in [0.25, 0.3) is 0 Å². The number of halogens is 1. The minimum Gasteiger partial charge on any atom is -0.369 e. The van der Waals surface area contributed by atoms with E-state index in [9.17, 15) is 9.18 Å². The molecule has 0 atom stereocenters. The molecule has 0 radical (unpaired) electrons. The molecule has 3 nitrogen and oxygen atoms in total. The van der Waals surface area contributed by atoms with E-state index in [1.54, 1.807) is 0 Å². The van der Waals surface area contributed by atoms with Crippen LogP contribution in [0.25, 0.3) is 0 Å². The van der Waals surface area contributed by atoms with Crippen LogP contribution < -0.4 is 5.32 Å². The highest BCUT2D eigenvalue weighted by molar-refractivity contribution is 5.77. The van der Waals surface area contributed by atoms with Gasteiger partial charge in [0.2, 0.25) is 5.91 Å². The first kappa shape index (κ1) is 13.4. The van der Waals surface area contributed by atoms with Crippen molar-refractivity contribution in [1.82, 2.24) is 5.32 Å². The molecule has 0 rings (SSSR count). The number of carbonyl (C=O) groups excluding carboxylic acids is 1. The minimum atomic E-state index is -0.538. The monoisotopic (exact) mass is 205 g/mol. The lowest BCUT2D eigenvalue weighted by atomic mass is 10.2. The maximum Gasteiger partial charge on any atom is 0.245 e. The molecule has 0 aromatic rings. The smallest absolute Gasteiger partial charge is 0.245 e. The van der Waals surface area contributed by atoms with Crippen molar-refractivity contribution in [2.45, 2.75) is 32.6 Å². The van der Waals surface area contributed by atoms with Crippen molar-refractivity contribution in [3.05, 3.63) is 0 Å². The number of nitrogens with one attached hydrogen (secondary N) is 1. The van der Waals surface area contributed by atoms with Gasteiger partial charge in [0, 0.05) is 6.54 Å². The SMILES string of the molecule is CCCCCCNC(=O)COCCF. The van der Waals surface area contributed by atoms with Gasteiger partial charge in [0.05, 0.1) is 6.61 Å². The Kier molecular flexibility index (Phi) is 9.96. The van der Waals surface area contributed by atoms with Crippen molar-refractivity contribution >= 4 is 5.91 Å². The van der Waals surface area contributed by atoms with Crippen molar-refractivity contribution in [1.29, 1.82) is 0 Å². The van der Waals surface area contributed by atoms with Crippen LogP contribution in [-0.2, 0) is 9.53 Å². The van der Waals surface area contributed by atoms with Crippen LogP contribution in [-0.4, -0.2) is 32.3 Å². The highest BCUT2D eigenvalue weighted by Crippen LogP contribution is 1.96. The molecule has 0 aliphatic heterocycles. The predicted octanol–water partition coefficient (Wildman–Crippen LogP) is 1.67. The molecule has 0 heterocycles. The number of rotatable bonds is 9. The molecule has 14 heavy (non-hydrogen) atoms. The number of alkyl halides is 1. The molecule has 1 N–H and O–H groups in total. The summed E-state index contributed by atoms with van der Waals surface area (Å²) in [5, 5.41) is 2.71. The third kappa shape index (κ3) is 9.45. The lowest BCUT2D eigenvalue weighted by molar-refractivity contribution is -0.125. The van der Waals surface area contributed by atoms with Crippen molar-refractivity contribution in [3.63, 3.8) is 0 Å². The first-order valence-electron chi connectivity index (χ1n) is 5.21. The third-order valence-corrected chi connectivity index (χ3v) is 1.81. The lowest BCUT2D eigenvalue weighted by Crippen LogP contribution is -2.28. The van der Waals surface area contributed by atoms with Crippen LogP contribution in [0.2, 0.25) is 0 Å². The summed E-state index contributed by atoms with van der Waals surface area (Å²) in [5.41, 5.74) is 0. The first-order chi connectivity index (χ1) is 6.81. The fraction of sp³-hybridized carbons (Fsp3) is 0.900. The summed E-state index contributed by atoms with van der Waals surface area (Å²) < 4.78 is 16.3. The second-order valence-electron chi connectivity index (χ2n) is 3.15. The topological polar surface area (TPSA) is 38.3 Å². The number of ether oxygens (including phenoxy) is 1. The van der Waals surface area contributed by atoms with Crippen molar-refractivity contribution < 1.29 is 13.9 Å². The van der Waals surface area contributed by atoms with Crippen molar-refractivity contribution in [2.75, 3.05) is 26.4 Å². The molecule has 0 aliphatic carbocycles. The van der Waals surface area contributed by atoms with E-state index < -0.39 is 6.67 Å². The number of amides is 1. The number of carbonyl (C=O) groups is 1. The van der Waals surface area contributed by atoms with Crippen LogP contribution in [0.15, 0.2) is 0 Å². The van der Waals surface area contributed by atoms with E-state index >= 15 is 0 Å². The molecule has 4 heteroatoms. The summed E-state index contributed by atoms with van der Waals surface area (Å²) in [6, 6.07) is 0. The summed E-state index contributed by atoms with van der Waals surface area (Å²) in [6.07, 6.45) is 4.53. The van der Waals surface area contributed by atoms with Gasteiger partial charge < -0.3 is 10.1 Å². The summed E-state index contributed by atoms with van der Waals surface area (Å²) in [5.74, 6) is -0.157. The van der Waals surface area contributed by atoms with E-state index in [4.69, 9.17) is 4.74 Å². The fourth-order valence-electron chi connectivity index (χ4n) is 1.05. The average molecular weight is 205 g/mol. The molecule has 84 valence electrons. The molecule has 0 bridgehead atoms. The van der Waals surface area contributed by atoms with Gasteiger partial charge in [-0.25, -0.2) is 4.39 Å². The van der Waals surface area contributed by atoms with Crippen molar-refractivity contribution in [2.24, 2.45) is 0 Å². The summed E-state index contributed by atoms with van der Waals surface area (Å²) in [7, 11) is 0. The molecule has 0 saturated carbocycles. The summed E-state index contributed by atoms with van der Waals surface area (Å²) in [4.78, 5) is 11.0.